The highest BCUT2D eigenvalue weighted by Crippen LogP contribution is 2.35. The summed E-state index contributed by atoms with van der Waals surface area (Å²) in [5.41, 5.74) is 0. The monoisotopic (exact) mass is 276 g/mol. The molecule has 2 fully saturated rings. The van der Waals surface area contributed by atoms with Gasteiger partial charge in [0.25, 0.3) is 0 Å². The Morgan fingerprint density at radius 1 is 1.20 bits per heavy atom. The van der Waals surface area contributed by atoms with Crippen molar-refractivity contribution in [3.63, 3.8) is 0 Å². The third-order valence-electron chi connectivity index (χ3n) is 4.45. The van der Waals surface area contributed by atoms with Gasteiger partial charge >= 0.3 is 0 Å². The van der Waals surface area contributed by atoms with Gasteiger partial charge in [-0.2, -0.15) is 15.0 Å². The minimum atomic E-state index is 0.494. The molecule has 0 aromatic carbocycles. The van der Waals surface area contributed by atoms with E-state index >= 15 is 0 Å². The van der Waals surface area contributed by atoms with Crippen molar-refractivity contribution in [3.05, 3.63) is 0 Å². The maximum absolute atomic E-state index is 4.68. The molecule has 6 heteroatoms. The van der Waals surface area contributed by atoms with E-state index in [9.17, 15) is 0 Å². The van der Waals surface area contributed by atoms with Crippen LogP contribution in [0.3, 0.4) is 0 Å². The smallest absolute Gasteiger partial charge is 0.231 e. The van der Waals surface area contributed by atoms with Crippen molar-refractivity contribution < 1.29 is 0 Å². The van der Waals surface area contributed by atoms with Crippen LogP contribution in [0.5, 0.6) is 0 Å². The summed E-state index contributed by atoms with van der Waals surface area (Å²) in [7, 11) is 3.95. The Kier molecular flexibility index (Phi) is 3.63. The number of hydrogen-bond donors (Lipinski definition) is 1. The maximum Gasteiger partial charge on any atom is 0.231 e. The van der Waals surface area contributed by atoms with Crippen molar-refractivity contribution in [2.24, 2.45) is 5.92 Å². The third-order valence-corrected chi connectivity index (χ3v) is 4.45. The van der Waals surface area contributed by atoms with Gasteiger partial charge in [0.2, 0.25) is 17.8 Å². The average Bonchev–Trinajstić information content (AvgIpc) is 3.19. The molecule has 1 atom stereocenters. The van der Waals surface area contributed by atoms with E-state index in [1.807, 2.05) is 7.05 Å². The summed E-state index contributed by atoms with van der Waals surface area (Å²) in [5.74, 6) is 3.05. The van der Waals surface area contributed by atoms with E-state index < -0.39 is 0 Å². The van der Waals surface area contributed by atoms with Crippen LogP contribution in [0.2, 0.25) is 0 Å². The Labute approximate surface area is 120 Å². The molecule has 20 heavy (non-hydrogen) atoms. The van der Waals surface area contributed by atoms with Crippen LogP contribution >= 0.6 is 0 Å². The summed E-state index contributed by atoms with van der Waals surface area (Å²) in [6.07, 6.45) is 5.11. The molecule has 0 amide bonds. The molecule has 3 rings (SSSR count). The van der Waals surface area contributed by atoms with Gasteiger partial charge in [-0.1, -0.05) is 0 Å². The average molecular weight is 276 g/mol. The fourth-order valence-electron chi connectivity index (χ4n) is 2.76. The fourth-order valence-corrected chi connectivity index (χ4v) is 2.76. The predicted molar refractivity (Wildman–Crippen MR) is 81.4 cm³/mol. The van der Waals surface area contributed by atoms with Gasteiger partial charge in [-0.25, -0.2) is 0 Å². The molecule has 6 nitrogen and oxygen atoms in total. The van der Waals surface area contributed by atoms with Crippen molar-refractivity contribution >= 4 is 17.8 Å². The molecule has 2 aliphatic rings. The molecule has 1 saturated carbocycles. The quantitative estimate of drug-likeness (QED) is 0.884. The van der Waals surface area contributed by atoms with Crippen molar-refractivity contribution in [1.82, 2.24) is 15.0 Å². The highest BCUT2D eigenvalue weighted by Gasteiger charge is 2.32. The lowest BCUT2D eigenvalue weighted by Crippen LogP contribution is -2.33. The minimum absolute atomic E-state index is 0.494. The lowest BCUT2D eigenvalue weighted by molar-refractivity contribution is 0.596. The Balaban J connectivity index is 1.86. The topological polar surface area (TPSA) is 57.2 Å². The second-order valence-electron chi connectivity index (χ2n) is 5.89. The van der Waals surface area contributed by atoms with Crippen LogP contribution in [-0.2, 0) is 0 Å². The summed E-state index contributed by atoms with van der Waals surface area (Å²) in [4.78, 5) is 18.2. The minimum Gasteiger partial charge on any atom is -0.357 e. The number of aromatic nitrogens is 3. The van der Waals surface area contributed by atoms with E-state index in [-0.39, 0.29) is 0 Å². The van der Waals surface area contributed by atoms with Crippen molar-refractivity contribution in [1.29, 1.82) is 0 Å². The van der Waals surface area contributed by atoms with E-state index in [1.165, 1.54) is 25.7 Å². The molecular weight excluding hydrogens is 252 g/mol. The van der Waals surface area contributed by atoms with Crippen LogP contribution in [0.25, 0.3) is 0 Å². The Bertz CT molecular complexity index is 467. The predicted octanol–water partition coefficient (Wildman–Crippen LogP) is 1.75. The van der Waals surface area contributed by atoms with E-state index in [1.54, 1.807) is 0 Å². The lowest BCUT2D eigenvalue weighted by atomic mass is 10.2. The normalized spacial score (nSPS) is 20.1. The molecule has 1 aromatic heterocycles. The van der Waals surface area contributed by atoms with E-state index in [0.29, 0.717) is 12.0 Å². The lowest BCUT2D eigenvalue weighted by Gasteiger charge is -2.26. The van der Waals surface area contributed by atoms with Gasteiger partial charge in [-0.05, 0) is 38.5 Å². The van der Waals surface area contributed by atoms with E-state index in [2.05, 4.69) is 44.0 Å². The Morgan fingerprint density at radius 3 is 2.50 bits per heavy atom. The summed E-state index contributed by atoms with van der Waals surface area (Å²) < 4.78 is 0. The van der Waals surface area contributed by atoms with Gasteiger partial charge in [0.1, 0.15) is 0 Å². The molecule has 1 saturated heterocycles. The largest absolute Gasteiger partial charge is 0.357 e. The van der Waals surface area contributed by atoms with Crippen LogP contribution in [-0.4, -0.2) is 48.2 Å². The zero-order valence-electron chi connectivity index (χ0n) is 12.6. The molecule has 1 unspecified atom stereocenters. The number of rotatable bonds is 5. The first-order valence-corrected chi connectivity index (χ1v) is 7.60. The number of anilines is 3. The molecular formula is C14H24N6. The number of nitrogens with one attached hydrogen (secondary N) is 1. The molecule has 1 aromatic rings. The molecule has 1 aliphatic heterocycles. The van der Waals surface area contributed by atoms with E-state index in [4.69, 9.17) is 0 Å². The summed E-state index contributed by atoms with van der Waals surface area (Å²) in [6, 6.07) is 0.494. The zero-order chi connectivity index (χ0) is 14.1. The molecule has 1 aliphatic carbocycles. The van der Waals surface area contributed by atoms with Gasteiger partial charge in [0, 0.05) is 33.2 Å². The Morgan fingerprint density at radius 2 is 1.90 bits per heavy atom. The highest BCUT2D eigenvalue weighted by molar-refractivity contribution is 5.45. The summed E-state index contributed by atoms with van der Waals surface area (Å²) in [6.45, 7) is 4.36. The van der Waals surface area contributed by atoms with Crippen LogP contribution in [0, 0.1) is 5.92 Å². The Hall–Kier alpha value is -1.59. The maximum atomic E-state index is 4.68. The van der Waals surface area contributed by atoms with Gasteiger partial charge < -0.3 is 15.1 Å². The first-order chi connectivity index (χ1) is 9.69. The second kappa shape index (κ2) is 5.42. The molecule has 2 heterocycles. The van der Waals surface area contributed by atoms with Crippen molar-refractivity contribution in [3.8, 4) is 0 Å². The van der Waals surface area contributed by atoms with Crippen LogP contribution in [0.4, 0.5) is 17.8 Å². The van der Waals surface area contributed by atoms with Gasteiger partial charge in [0.05, 0.1) is 0 Å². The summed E-state index contributed by atoms with van der Waals surface area (Å²) >= 11 is 0. The number of hydrogen-bond acceptors (Lipinski definition) is 6. The zero-order valence-corrected chi connectivity index (χ0v) is 12.6. The van der Waals surface area contributed by atoms with Crippen LogP contribution < -0.4 is 15.1 Å². The third kappa shape index (κ3) is 2.64. The van der Waals surface area contributed by atoms with E-state index in [0.717, 1.165) is 30.9 Å². The molecule has 1 N–H and O–H groups in total. The SMILES string of the molecule is CNc1nc(N2CCCC2)nc(N(C)C(C)C2CC2)n1. The molecule has 110 valence electrons. The first-order valence-electron chi connectivity index (χ1n) is 7.60. The number of nitrogens with zero attached hydrogens (tertiary/aromatic N) is 5. The molecule has 0 bridgehead atoms. The second-order valence-corrected chi connectivity index (χ2v) is 5.89. The first kappa shape index (κ1) is 13.4. The van der Waals surface area contributed by atoms with Crippen molar-refractivity contribution in [2.75, 3.05) is 42.3 Å². The van der Waals surface area contributed by atoms with Gasteiger partial charge in [-0.15, -0.1) is 0 Å². The van der Waals surface area contributed by atoms with Crippen molar-refractivity contribution in [2.45, 2.75) is 38.6 Å². The fraction of sp³-hybridized carbons (Fsp3) is 0.786. The van der Waals surface area contributed by atoms with Crippen LogP contribution in [0.15, 0.2) is 0 Å². The molecule has 0 spiro atoms. The van der Waals surface area contributed by atoms with Gasteiger partial charge in [-0.3, -0.25) is 0 Å². The van der Waals surface area contributed by atoms with Gasteiger partial charge in [0.15, 0.2) is 0 Å². The molecule has 0 radical (unpaired) electrons. The standard InChI is InChI=1S/C14H24N6/c1-10(11-6-7-11)19(3)13-16-12(15-2)17-14(18-13)20-8-4-5-9-20/h10-11H,4-9H2,1-3H3,(H,15,16,17,18). The van der Waals surface area contributed by atoms with Crippen LogP contribution in [0.1, 0.15) is 32.6 Å². The summed E-state index contributed by atoms with van der Waals surface area (Å²) in [5, 5.41) is 3.05. The highest BCUT2D eigenvalue weighted by atomic mass is 15.4.